The van der Waals surface area contributed by atoms with Crippen LogP contribution in [-0.2, 0) is 15.0 Å². The third kappa shape index (κ3) is 3.90. The molecule has 1 heterocycles. The molecule has 0 amide bonds. The van der Waals surface area contributed by atoms with Gasteiger partial charge in [-0.2, -0.15) is 12.7 Å². The summed E-state index contributed by atoms with van der Waals surface area (Å²) < 4.78 is 28.0. The molecule has 1 aliphatic carbocycles. The number of carboxylic acid groups (broad SMARTS) is 1. The van der Waals surface area contributed by atoms with Gasteiger partial charge in [-0.15, -0.1) is 0 Å². The van der Waals surface area contributed by atoms with Gasteiger partial charge in [0.2, 0.25) is 0 Å². The Hall–Kier alpha value is -0.660. The number of rotatable bonds is 6. The van der Waals surface area contributed by atoms with Crippen molar-refractivity contribution in [1.82, 2.24) is 9.03 Å². The average molecular weight is 290 g/mol. The summed E-state index contributed by atoms with van der Waals surface area (Å²) in [6, 6.07) is 0. The van der Waals surface area contributed by atoms with Crippen LogP contribution in [0.25, 0.3) is 0 Å². The summed E-state index contributed by atoms with van der Waals surface area (Å²) in [4.78, 5) is 10.8. The second-order valence-corrected chi connectivity index (χ2v) is 7.25. The molecule has 2 fully saturated rings. The summed E-state index contributed by atoms with van der Waals surface area (Å²) in [5.74, 6) is -0.545. The highest BCUT2D eigenvalue weighted by Gasteiger charge is 2.30. The summed E-state index contributed by atoms with van der Waals surface area (Å²) in [6.45, 7) is 1.09. The Kier molecular flexibility index (Phi) is 4.81. The Morgan fingerprint density at radius 1 is 1.21 bits per heavy atom. The van der Waals surface area contributed by atoms with Gasteiger partial charge in [-0.05, 0) is 25.2 Å². The number of hydrogen-bond acceptors (Lipinski definition) is 3. The fourth-order valence-corrected chi connectivity index (χ4v) is 3.86. The van der Waals surface area contributed by atoms with Crippen molar-refractivity contribution in [2.45, 2.75) is 38.5 Å². The molecule has 1 saturated heterocycles. The number of piperidine rings is 1. The molecular weight excluding hydrogens is 268 g/mol. The number of aliphatic carboxylic acids is 1. The van der Waals surface area contributed by atoms with E-state index in [0.717, 1.165) is 6.42 Å². The molecule has 110 valence electrons. The van der Waals surface area contributed by atoms with Crippen LogP contribution in [-0.4, -0.2) is 43.4 Å². The first-order valence-electron chi connectivity index (χ1n) is 6.96. The maximum Gasteiger partial charge on any atom is 0.306 e. The smallest absolute Gasteiger partial charge is 0.306 e. The van der Waals surface area contributed by atoms with Crippen molar-refractivity contribution in [2.24, 2.45) is 11.8 Å². The standard InChI is InChI=1S/C12H22N2O4S/c15-12(16)11-5-8-14(9-6-11)19(17,18)13-7-4-10-2-1-3-10/h10-11,13H,1-9H2,(H,15,16). The monoisotopic (exact) mass is 290 g/mol. The van der Waals surface area contributed by atoms with Crippen molar-refractivity contribution in [3.05, 3.63) is 0 Å². The predicted octanol–water partition coefficient (Wildman–Crippen LogP) is 0.808. The SMILES string of the molecule is O=C(O)C1CCN(S(=O)(=O)NCCC2CCC2)CC1. The lowest BCUT2D eigenvalue weighted by molar-refractivity contribution is -0.142. The van der Waals surface area contributed by atoms with Crippen molar-refractivity contribution < 1.29 is 18.3 Å². The molecule has 0 aromatic rings. The first-order chi connectivity index (χ1) is 8.99. The zero-order valence-electron chi connectivity index (χ0n) is 11.0. The highest BCUT2D eigenvalue weighted by atomic mass is 32.2. The summed E-state index contributed by atoms with van der Waals surface area (Å²) in [7, 11) is -3.42. The largest absolute Gasteiger partial charge is 0.481 e. The molecule has 7 heteroatoms. The Balaban J connectivity index is 1.74. The van der Waals surface area contributed by atoms with E-state index in [1.807, 2.05) is 0 Å². The first kappa shape index (κ1) is 14.7. The molecule has 6 nitrogen and oxygen atoms in total. The van der Waals surface area contributed by atoms with Crippen LogP contribution in [0.5, 0.6) is 0 Å². The van der Waals surface area contributed by atoms with Crippen molar-refractivity contribution in [3.63, 3.8) is 0 Å². The average Bonchev–Trinajstić information content (AvgIpc) is 2.32. The van der Waals surface area contributed by atoms with Gasteiger partial charge in [0.25, 0.3) is 10.2 Å². The molecule has 0 bridgehead atoms. The summed E-state index contributed by atoms with van der Waals surface area (Å²) >= 11 is 0. The van der Waals surface area contributed by atoms with Crippen LogP contribution in [0.15, 0.2) is 0 Å². The van der Waals surface area contributed by atoms with Crippen molar-refractivity contribution in [3.8, 4) is 0 Å². The second kappa shape index (κ2) is 6.19. The van der Waals surface area contributed by atoms with E-state index in [0.29, 0.717) is 38.4 Å². The van der Waals surface area contributed by atoms with Gasteiger partial charge in [-0.1, -0.05) is 19.3 Å². The van der Waals surface area contributed by atoms with E-state index in [2.05, 4.69) is 4.72 Å². The zero-order valence-corrected chi connectivity index (χ0v) is 11.9. The second-order valence-electron chi connectivity index (χ2n) is 5.50. The van der Waals surface area contributed by atoms with Crippen molar-refractivity contribution >= 4 is 16.2 Å². The van der Waals surface area contributed by atoms with Crippen LogP contribution < -0.4 is 4.72 Å². The minimum absolute atomic E-state index is 0.301. The van der Waals surface area contributed by atoms with Gasteiger partial charge in [-0.3, -0.25) is 4.79 Å². The summed E-state index contributed by atoms with van der Waals surface area (Å²) in [5.41, 5.74) is 0. The lowest BCUT2D eigenvalue weighted by atomic mass is 9.83. The van der Waals surface area contributed by atoms with Gasteiger partial charge >= 0.3 is 5.97 Å². The van der Waals surface area contributed by atoms with Crippen LogP contribution in [0.4, 0.5) is 0 Å². The van der Waals surface area contributed by atoms with E-state index in [1.54, 1.807) is 0 Å². The Labute approximate surface area is 114 Å². The highest BCUT2D eigenvalue weighted by molar-refractivity contribution is 7.87. The maximum absolute atomic E-state index is 12.0. The van der Waals surface area contributed by atoms with Crippen molar-refractivity contribution in [1.29, 1.82) is 0 Å². The van der Waals surface area contributed by atoms with E-state index >= 15 is 0 Å². The fraction of sp³-hybridized carbons (Fsp3) is 0.917. The number of carbonyl (C=O) groups is 1. The molecule has 0 radical (unpaired) electrons. The molecule has 0 aromatic carbocycles. The van der Waals surface area contributed by atoms with Gasteiger partial charge in [0.1, 0.15) is 0 Å². The lowest BCUT2D eigenvalue weighted by Gasteiger charge is -2.30. The molecule has 2 N–H and O–H groups in total. The summed E-state index contributed by atoms with van der Waals surface area (Å²) in [5, 5.41) is 8.88. The molecule has 0 aromatic heterocycles. The molecule has 0 spiro atoms. The van der Waals surface area contributed by atoms with Crippen LogP contribution >= 0.6 is 0 Å². The van der Waals surface area contributed by atoms with Crippen molar-refractivity contribution in [2.75, 3.05) is 19.6 Å². The maximum atomic E-state index is 12.0. The molecule has 2 aliphatic rings. The minimum Gasteiger partial charge on any atom is -0.481 e. The van der Waals surface area contributed by atoms with Crippen LogP contribution in [0.2, 0.25) is 0 Å². The molecular formula is C12H22N2O4S. The molecule has 1 aliphatic heterocycles. The van der Waals surface area contributed by atoms with E-state index in [-0.39, 0.29) is 0 Å². The van der Waals surface area contributed by atoms with Gasteiger partial charge < -0.3 is 5.11 Å². The minimum atomic E-state index is -3.42. The summed E-state index contributed by atoms with van der Waals surface area (Å²) in [6.07, 6.45) is 5.40. The van der Waals surface area contributed by atoms with Gasteiger partial charge in [-0.25, -0.2) is 4.72 Å². The molecule has 0 unspecified atom stereocenters. The zero-order chi connectivity index (χ0) is 13.9. The number of hydrogen-bond donors (Lipinski definition) is 2. The highest BCUT2D eigenvalue weighted by Crippen LogP contribution is 2.28. The first-order valence-corrected chi connectivity index (χ1v) is 8.40. The van der Waals surface area contributed by atoms with E-state index in [9.17, 15) is 13.2 Å². The third-order valence-electron chi connectivity index (χ3n) is 4.20. The topological polar surface area (TPSA) is 86.7 Å². The van der Waals surface area contributed by atoms with E-state index < -0.39 is 22.1 Å². The van der Waals surface area contributed by atoms with Gasteiger partial charge in [0.05, 0.1) is 5.92 Å². The van der Waals surface area contributed by atoms with Gasteiger partial charge in [0.15, 0.2) is 0 Å². The third-order valence-corrected chi connectivity index (χ3v) is 5.82. The Bertz CT molecular complexity index is 411. The predicted molar refractivity (Wildman–Crippen MR) is 70.8 cm³/mol. The number of carboxylic acids is 1. The number of nitrogens with one attached hydrogen (secondary N) is 1. The molecule has 19 heavy (non-hydrogen) atoms. The molecule has 1 saturated carbocycles. The van der Waals surface area contributed by atoms with Crippen LogP contribution in [0.1, 0.15) is 38.5 Å². The normalized spacial score (nSPS) is 23.2. The van der Waals surface area contributed by atoms with E-state index in [1.165, 1.54) is 23.6 Å². The van der Waals surface area contributed by atoms with E-state index in [4.69, 9.17) is 5.11 Å². The lowest BCUT2D eigenvalue weighted by Crippen LogP contribution is -2.46. The Morgan fingerprint density at radius 2 is 1.84 bits per heavy atom. The number of nitrogens with zero attached hydrogens (tertiary/aromatic N) is 1. The van der Waals surface area contributed by atoms with Crippen LogP contribution in [0, 0.1) is 11.8 Å². The van der Waals surface area contributed by atoms with Gasteiger partial charge in [0, 0.05) is 19.6 Å². The molecule has 0 atom stereocenters. The Morgan fingerprint density at radius 3 is 2.32 bits per heavy atom. The quantitative estimate of drug-likeness (QED) is 0.758. The molecule has 2 rings (SSSR count). The fourth-order valence-electron chi connectivity index (χ4n) is 2.61. The van der Waals surface area contributed by atoms with Crippen LogP contribution in [0.3, 0.4) is 0 Å².